The summed E-state index contributed by atoms with van der Waals surface area (Å²) < 4.78 is 144. The van der Waals surface area contributed by atoms with Crippen LogP contribution in [-0.4, -0.2) is 52.3 Å². The number of alkyl halides is 13. The van der Waals surface area contributed by atoms with Crippen molar-refractivity contribution in [1.29, 1.82) is 0 Å². The van der Waals surface area contributed by atoms with Gasteiger partial charge in [0.2, 0.25) is 13.0 Å². The summed E-state index contributed by atoms with van der Waals surface area (Å²) in [5.41, 5.74) is 0. The molecule has 0 heterocycles. The third-order valence-electron chi connectivity index (χ3n) is 0.684. The van der Waals surface area contributed by atoms with E-state index in [0.29, 0.717) is 0 Å². The van der Waals surface area contributed by atoms with Gasteiger partial charge in [0.15, 0.2) is 0 Å². The van der Waals surface area contributed by atoms with Crippen molar-refractivity contribution >= 4 is 0 Å². The van der Waals surface area contributed by atoms with Crippen LogP contribution in [0, 0.1) is 0 Å². The molecular weight excluding hydrogens is 390 g/mol. The van der Waals surface area contributed by atoms with Crippen molar-refractivity contribution in [2.24, 2.45) is 0 Å². The number of hydrogen-bond acceptors (Lipinski definition) is 1. The van der Waals surface area contributed by atoms with Crippen molar-refractivity contribution in [2.75, 3.05) is 33.6 Å². The SMILES string of the molecule is CCF.FC(F)(F)F.FCC(OF)C(F)(F)F.FCCF.FCF. The zero-order valence-electron chi connectivity index (χ0n) is 11.8. The van der Waals surface area contributed by atoms with Gasteiger partial charge in [-0.2, -0.15) is 18.1 Å². The van der Waals surface area contributed by atoms with Crippen LogP contribution in [0.5, 0.6) is 0 Å². The summed E-state index contributed by atoms with van der Waals surface area (Å²) in [5, 5.41) is 0. The lowest BCUT2D eigenvalue weighted by Crippen LogP contribution is -2.31. The van der Waals surface area contributed by atoms with Crippen LogP contribution in [0.4, 0.5) is 61.6 Å². The van der Waals surface area contributed by atoms with Crippen LogP contribution in [0.25, 0.3) is 0 Å². The Labute approximate surface area is 127 Å². The predicted octanol–water partition coefficient (Wildman–Crippen LogP) is 6.05. The monoisotopic (exact) mass is 404 g/mol. The molecule has 0 amide bonds. The van der Waals surface area contributed by atoms with Crippen LogP contribution in [-0.2, 0) is 4.94 Å². The van der Waals surface area contributed by atoms with Crippen molar-refractivity contribution < 1.29 is 66.5 Å². The maximum absolute atomic E-state index is 11.1. The maximum atomic E-state index is 11.1. The van der Waals surface area contributed by atoms with Gasteiger partial charge in [-0.3, -0.25) is 4.39 Å². The topological polar surface area (TPSA) is 9.23 Å². The van der Waals surface area contributed by atoms with E-state index in [1.165, 1.54) is 6.92 Å². The van der Waals surface area contributed by atoms with Crippen molar-refractivity contribution in [3.63, 3.8) is 0 Å². The molecular formula is C9H14F14O. The fraction of sp³-hybridized carbons (Fsp3) is 1.00. The normalized spacial score (nSPS) is 11.1. The predicted molar refractivity (Wildman–Crippen MR) is 55.9 cm³/mol. The van der Waals surface area contributed by atoms with Crippen molar-refractivity contribution in [2.45, 2.75) is 25.6 Å². The quantitative estimate of drug-likeness (QED) is 0.521. The minimum atomic E-state index is -5.50. The van der Waals surface area contributed by atoms with Crippen molar-refractivity contribution in [3.05, 3.63) is 0 Å². The number of halogens is 14. The zero-order valence-corrected chi connectivity index (χ0v) is 11.8. The molecule has 15 heteroatoms. The molecule has 0 spiro atoms. The molecule has 0 aliphatic heterocycles. The van der Waals surface area contributed by atoms with Gasteiger partial charge in [0.05, 0.1) is 6.67 Å². The summed E-state index contributed by atoms with van der Waals surface area (Å²) in [6.07, 6.45) is -13.4. The highest BCUT2D eigenvalue weighted by Crippen LogP contribution is 2.23. The Morgan fingerprint density at radius 2 is 0.958 bits per heavy atom. The Hall–Kier alpha value is -1.02. The summed E-state index contributed by atoms with van der Waals surface area (Å²) in [4.78, 5) is 2.26. The van der Waals surface area contributed by atoms with E-state index < -0.39 is 45.7 Å². The van der Waals surface area contributed by atoms with Crippen LogP contribution in [0.1, 0.15) is 6.92 Å². The standard InChI is InChI=1S/C3H3F5O.C2H4F2.C2H5F.CF4.CH2F2/c4-1-2(9-8)3(5,6)7;3-1-2-4;1-2-3;2-1(3,4)5;2-1-3/h2H,1H2;1-2H2;2H2,1H3;;1H2. The van der Waals surface area contributed by atoms with Crippen LogP contribution in [0.15, 0.2) is 0 Å². The van der Waals surface area contributed by atoms with Crippen LogP contribution < -0.4 is 0 Å². The maximum Gasteiger partial charge on any atom is 0.559 e. The van der Waals surface area contributed by atoms with Gasteiger partial charge in [0.1, 0.15) is 20.0 Å². The third-order valence-corrected chi connectivity index (χ3v) is 0.684. The van der Waals surface area contributed by atoms with Gasteiger partial charge in [-0.1, -0.05) is 0 Å². The number of rotatable bonds is 3. The molecule has 24 heavy (non-hydrogen) atoms. The lowest BCUT2D eigenvalue weighted by Gasteiger charge is -2.10. The van der Waals surface area contributed by atoms with Gasteiger partial charge >= 0.3 is 12.6 Å². The van der Waals surface area contributed by atoms with Gasteiger partial charge in [0, 0.05) is 0 Å². The van der Waals surface area contributed by atoms with E-state index in [0.717, 1.165) is 0 Å². The Morgan fingerprint density at radius 3 is 0.958 bits per heavy atom. The number of hydrogen-bond donors (Lipinski definition) is 0. The minimum Gasteiger partial charge on any atom is -0.251 e. The lowest BCUT2D eigenvalue weighted by molar-refractivity contribution is -0.297. The molecule has 0 bridgehead atoms. The molecule has 0 rings (SSSR count). The Balaban J connectivity index is -0.0000000687. The smallest absolute Gasteiger partial charge is 0.251 e. The lowest BCUT2D eigenvalue weighted by atomic mass is 10.4. The molecule has 0 saturated heterocycles. The average molecular weight is 404 g/mol. The molecule has 0 aliphatic rings. The van der Waals surface area contributed by atoms with E-state index in [9.17, 15) is 61.6 Å². The second-order valence-electron chi connectivity index (χ2n) is 2.45. The van der Waals surface area contributed by atoms with Crippen LogP contribution in [0.2, 0.25) is 0 Å². The molecule has 0 aromatic heterocycles. The van der Waals surface area contributed by atoms with Crippen LogP contribution in [0.3, 0.4) is 0 Å². The molecule has 0 aliphatic carbocycles. The van der Waals surface area contributed by atoms with E-state index in [4.69, 9.17) is 0 Å². The van der Waals surface area contributed by atoms with E-state index in [-0.39, 0.29) is 6.67 Å². The first kappa shape index (κ1) is 34.3. The molecule has 0 radical (unpaired) electrons. The van der Waals surface area contributed by atoms with Crippen molar-refractivity contribution in [3.8, 4) is 0 Å². The molecule has 0 aromatic carbocycles. The summed E-state index contributed by atoms with van der Waals surface area (Å²) in [6.45, 7) is -4.14. The van der Waals surface area contributed by atoms with Gasteiger partial charge in [-0.25, -0.2) is 22.0 Å². The summed E-state index contributed by atoms with van der Waals surface area (Å²) in [7, 11) is 0. The second-order valence-corrected chi connectivity index (χ2v) is 2.45. The molecule has 0 N–H and O–H groups in total. The highest BCUT2D eigenvalue weighted by atomic mass is 19.5. The molecule has 0 aromatic rings. The molecule has 1 unspecified atom stereocenters. The van der Waals surface area contributed by atoms with Gasteiger partial charge in [-0.15, -0.1) is 17.6 Å². The van der Waals surface area contributed by atoms with Gasteiger partial charge in [0.25, 0.3) is 0 Å². The third kappa shape index (κ3) is 84.1. The summed E-state index contributed by atoms with van der Waals surface area (Å²) in [6, 6.07) is 0. The molecule has 0 fully saturated rings. The average Bonchev–Trinajstić information content (AvgIpc) is 2.38. The molecule has 154 valence electrons. The Morgan fingerprint density at radius 1 is 0.750 bits per heavy atom. The Bertz CT molecular complexity index is 180. The zero-order chi connectivity index (χ0) is 20.8. The highest BCUT2D eigenvalue weighted by molar-refractivity contribution is 4.63. The van der Waals surface area contributed by atoms with Crippen molar-refractivity contribution in [1.82, 2.24) is 0 Å². The highest BCUT2D eigenvalue weighted by Gasteiger charge is 2.42. The summed E-state index contributed by atoms with van der Waals surface area (Å²) >= 11 is 0. The summed E-state index contributed by atoms with van der Waals surface area (Å²) in [5.74, 6) is 0. The van der Waals surface area contributed by atoms with E-state index in [2.05, 4.69) is 4.94 Å². The van der Waals surface area contributed by atoms with Crippen LogP contribution >= 0.6 is 0 Å². The Kier molecular flexibility index (Phi) is 34.7. The second kappa shape index (κ2) is 24.2. The molecule has 0 saturated carbocycles. The largest absolute Gasteiger partial charge is 0.559 e. The fourth-order valence-electron chi connectivity index (χ4n) is 0.162. The van der Waals surface area contributed by atoms with Gasteiger partial charge in [-0.05, 0) is 11.4 Å². The first-order chi connectivity index (χ1) is 10.8. The molecule has 1 nitrogen and oxygen atoms in total. The molecule has 1 atom stereocenters. The minimum absolute atomic E-state index is 0.250. The fourth-order valence-corrected chi connectivity index (χ4v) is 0.162. The van der Waals surface area contributed by atoms with E-state index in [1.807, 2.05) is 0 Å². The first-order valence-corrected chi connectivity index (χ1v) is 5.22. The first-order valence-electron chi connectivity index (χ1n) is 5.22. The van der Waals surface area contributed by atoms with E-state index in [1.54, 1.807) is 0 Å². The van der Waals surface area contributed by atoms with E-state index >= 15 is 0 Å². The van der Waals surface area contributed by atoms with Gasteiger partial charge < -0.3 is 0 Å².